The summed E-state index contributed by atoms with van der Waals surface area (Å²) in [7, 11) is 0. The highest BCUT2D eigenvalue weighted by molar-refractivity contribution is 5.94. The van der Waals surface area contributed by atoms with Crippen molar-refractivity contribution < 1.29 is 19.1 Å². The van der Waals surface area contributed by atoms with Crippen LogP contribution in [0.1, 0.15) is 43.2 Å². The van der Waals surface area contributed by atoms with E-state index < -0.39 is 0 Å². The summed E-state index contributed by atoms with van der Waals surface area (Å²) in [5.41, 5.74) is 2.71. The van der Waals surface area contributed by atoms with Crippen LogP contribution in [0.15, 0.2) is 18.2 Å². The summed E-state index contributed by atoms with van der Waals surface area (Å²) in [6, 6.07) is 5.78. The van der Waals surface area contributed by atoms with Gasteiger partial charge in [-0.05, 0) is 50.7 Å². The monoisotopic (exact) mass is 343 g/mol. The van der Waals surface area contributed by atoms with E-state index in [4.69, 9.17) is 4.74 Å². The Bertz CT molecular complexity index is 661. The second-order valence-electron chi connectivity index (χ2n) is 7.32. The summed E-state index contributed by atoms with van der Waals surface area (Å²) < 4.78 is 5.23. The van der Waals surface area contributed by atoms with Gasteiger partial charge in [0, 0.05) is 17.5 Å². The average Bonchev–Trinajstić information content (AvgIpc) is 2.56. The van der Waals surface area contributed by atoms with Gasteiger partial charge in [-0.25, -0.2) is 0 Å². The average molecular weight is 343 g/mol. The molecular formula is C20H25NO4. The van der Waals surface area contributed by atoms with Crippen molar-refractivity contribution in [1.29, 1.82) is 0 Å². The fourth-order valence-electron chi connectivity index (χ4n) is 4.11. The van der Waals surface area contributed by atoms with E-state index in [2.05, 4.69) is 5.32 Å². The summed E-state index contributed by atoms with van der Waals surface area (Å²) in [5.74, 6) is -0.593. The Balaban J connectivity index is 1.52. The lowest BCUT2D eigenvalue weighted by Gasteiger charge is -2.36. The maximum absolute atomic E-state index is 12.3. The van der Waals surface area contributed by atoms with Gasteiger partial charge in [-0.2, -0.15) is 0 Å². The summed E-state index contributed by atoms with van der Waals surface area (Å²) >= 11 is 0. The van der Waals surface area contributed by atoms with Crippen molar-refractivity contribution in [2.75, 3.05) is 11.9 Å². The first-order valence-electron chi connectivity index (χ1n) is 9.02. The number of Topliss-reactive ketones (excluding diaryl/α,β-unsaturated/α-hetero) is 1. The van der Waals surface area contributed by atoms with Crippen LogP contribution < -0.4 is 5.32 Å². The van der Waals surface area contributed by atoms with Gasteiger partial charge in [-0.1, -0.05) is 24.6 Å². The van der Waals surface area contributed by atoms with Crippen LogP contribution in [-0.2, 0) is 19.1 Å². The molecule has 134 valence electrons. The molecule has 0 aliphatic heterocycles. The number of ketones is 1. The predicted octanol–water partition coefficient (Wildman–Crippen LogP) is 3.18. The molecule has 1 aromatic carbocycles. The van der Waals surface area contributed by atoms with E-state index >= 15 is 0 Å². The third-order valence-corrected chi connectivity index (χ3v) is 5.47. The van der Waals surface area contributed by atoms with Crippen LogP contribution in [0.5, 0.6) is 0 Å². The molecule has 1 amide bonds. The van der Waals surface area contributed by atoms with Gasteiger partial charge in [0.2, 0.25) is 0 Å². The largest absolute Gasteiger partial charge is 0.455 e. The summed E-state index contributed by atoms with van der Waals surface area (Å²) in [5, 5.41) is 2.81. The van der Waals surface area contributed by atoms with Gasteiger partial charge in [-0.15, -0.1) is 0 Å². The number of fused-ring (bicyclic) bond motifs is 2. The molecule has 0 radical (unpaired) electrons. The van der Waals surface area contributed by atoms with E-state index in [1.165, 1.54) is 0 Å². The number of anilines is 1. The Hall–Kier alpha value is -2.17. The minimum absolute atomic E-state index is 0.00787. The van der Waals surface area contributed by atoms with Crippen LogP contribution in [0.4, 0.5) is 5.69 Å². The molecule has 25 heavy (non-hydrogen) atoms. The minimum Gasteiger partial charge on any atom is -0.455 e. The summed E-state index contributed by atoms with van der Waals surface area (Å²) in [6.07, 6.45) is 3.98. The third kappa shape index (κ3) is 3.91. The molecular weight excluding hydrogens is 318 g/mol. The fraction of sp³-hybridized carbons (Fsp3) is 0.550. The first-order chi connectivity index (χ1) is 12.0. The zero-order chi connectivity index (χ0) is 18.0. The second kappa shape index (κ2) is 7.38. The Morgan fingerprint density at radius 1 is 1.12 bits per heavy atom. The number of carbonyl (C=O) groups is 3. The number of carbonyl (C=O) groups excluding carboxylic acids is 3. The maximum Gasteiger partial charge on any atom is 0.309 e. The van der Waals surface area contributed by atoms with Crippen molar-refractivity contribution in [3.8, 4) is 0 Å². The number of hydrogen-bond acceptors (Lipinski definition) is 4. The lowest BCUT2D eigenvalue weighted by molar-refractivity contribution is -0.155. The Labute approximate surface area is 148 Å². The van der Waals surface area contributed by atoms with Crippen molar-refractivity contribution in [1.82, 2.24) is 0 Å². The van der Waals surface area contributed by atoms with E-state index in [9.17, 15) is 14.4 Å². The lowest BCUT2D eigenvalue weighted by Crippen LogP contribution is -2.40. The zero-order valence-corrected chi connectivity index (χ0v) is 14.8. The number of benzene rings is 1. The smallest absolute Gasteiger partial charge is 0.309 e. The molecule has 3 atom stereocenters. The van der Waals surface area contributed by atoms with Crippen LogP contribution in [0.3, 0.4) is 0 Å². The number of esters is 1. The first kappa shape index (κ1) is 17.6. The number of para-hydroxylation sites is 1. The molecule has 2 aliphatic carbocycles. The fourth-order valence-corrected chi connectivity index (χ4v) is 4.11. The third-order valence-electron chi connectivity index (χ3n) is 5.47. The number of hydrogen-bond donors (Lipinski definition) is 1. The van der Waals surface area contributed by atoms with E-state index in [-0.39, 0.29) is 36.2 Å². The van der Waals surface area contributed by atoms with Crippen molar-refractivity contribution >= 4 is 23.3 Å². The van der Waals surface area contributed by atoms with E-state index in [1.54, 1.807) is 0 Å². The van der Waals surface area contributed by atoms with Gasteiger partial charge in [-0.3, -0.25) is 14.4 Å². The number of nitrogens with one attached hydrogen (secondary N) is 1. The van der Waals surface area contributed by atoms with Gasteiger partial charge in [0.05, 0.1) is 5.92 Å². The van der Waals surface area contributed by atoms with Crippen LogP contribution in [0.2, 0.25) is 0 Å². The molecule has 1 N–H and O–H groups in total. The van der Waals surface area contributed by atoms with Crippen molar-refractivity contribution in [2.24, 2.45) is 17.8 Å². The van der Waals surface area contributed by atoms with Gasteiger partial charge < -0.3 is 10.1 Å². The van der Waals surface area contributed by atoms with Gasteiger partial charge in [0.25, 0.3) is 5.91 Å². The van der Waals surface area contributed by atoms with Crippen LogP contribution in [-0.4, -0.2) is 24.3 Å². The van der Waals surface area contributed by atoms with Crippen LogP contribution >= 0.6 is 0 Å². The molecule has 5 nitrogen and oxygen atoms in total. The molecule has 5 heteroatoms. The molecule has 2 saturated carbocycles. The van der Waals surface area contributed by atoms with Crippen LogP contribution in [0.25, 0.3) is 0 Å². The molecule has 0 saturated heterocycles. The molecule has 2 bridgehead atoms. The molecule has 1 aromatic rings. The quantitative estimate of drug-likeness (QED) is 0.852. The molecule has 2 aliphatic rings. The minimum atomic E-state index is -0.346. The lowest BCUT2D eigenvalue weighted by atomic mass is 9.67. The Morgan fingerprint density at radius 2 is 1.72 bits per heavy atom. The molecule has 3 rings (SSSR count). The predicted molar refractivity (Wildman–Crippen MR) is 94.1 cm³/mol. The molecule has 2 fully saturated rings. The van der Waals surface area contributed by atoms with Crippen LogP contribution in [0, 0.1) is 31.6 Å². The SMILES string of the molecule is Cc1cccc(C)c1NC(=O)COC(=O)C1C[C@H]2CCC[C@@H](C1)C2=O. The molecule has 1 unspecified atom stereocenters. The topological polar surface area (TPSA) is 72.5 Å². The van der Waals surface area contributed by atoms with E-state index in [0.29, 0.717) is 18.6 Å². The normalized spacial score (nSPS) is 25.4. The number of aryl methyl sites for hydroxylation is 2. The second-order valence-corrected chi connectivity index (χ2v) is 7.32. The van der Waals surface area contributed by atoms with Crippen molar-refractivity contribution in [2.45, 2.75) is 46.0 Å². The van der Waals surface area contributed by atoms with Gasteiger partial charge >= 0.3 is 5.97 Å². The van der Waals surface area contributed by atoms with Crippen molar-refractivity contribution in [3.05, 3.63) is 29.3 Å². The van der Waals surface area contributed by atoms with Crippen molar-refractivity contribution in [3.63, 3.8) is 0 Å². The molecule has 0 spiro atoms. The summed E-state index contributed by atoms with van der Waals surface area (Å²) in [4.78, 5) is 36.5. The number of rotatable bonds is 4. The Morgan fingerprint density at radius 3 is 2.32 bits per heavy atom. The van der Waals surface area contributed by atoms with Gasteiger partial charge in [0.1, 0.15) is 5.78 Å². The summed E-state index contributed by atoms with van der Waals surface area (Å²) in [6.45, 7) is 3.56. The number of amides is 1. The highest BCUT2D eigenvalue weighted by Crippen LogP contribution is 2.40. The Kier molecular flexibility index (Phi) is 5.21. The molecule has 0 heterocycles. The maximum atomic E-state index is 12.3. The van der Waals surface area contributed by atoms with E-state index in [0.717, 1.165) is 36.1 Å². The first-order valence-corrected chi connectivity index (χ1v) is 9.02. The zero-order valence-electron chi connectivity index (χ0n) is 14.8. The van der Waals surface area contributed by atoms with Gasteiger partial charge in [0.15, 0.2) is 6.61 Å². The highest BCUT2D eigenvalue weighted by Gasteiger charge is 2.41. The van der Waals surface area contributed by atoms with E-state index in [1.807, 2.05) is 32.0 Å². The molecule has 0 aromatic heterocycles. The standard InChI is InChI=1S/C20H25NO4/c1-12-5-3-6-13(2)18(12)21-17(22)11-25-20(24)16-9-14-7-4-8-15(10-16)19(14)23/h3,5-6,14-16H,4,7-11H2,1-2H3,(H,21,22)/t14-,15+,16?. The highest BCUT2D eigenvalue weighted by atomic mass is 16.5. The number of ether oxygens (including phenoxy) is 1.